The van der Waals surface area contributed by atoms with Gasteiger partial charge in [-0.05, 0) is 55.2 Å². The molecule has 2 aromatic carbocycles. The molecule has 0 bridgehead atoms. The van der Waals surface area contributed by atoms with Gasteiger partial charge in [0.2, 0.25) is 10.0 Å². The quantitative estimate of drug-likeness (QED) is 0.824. The summed E-state index contributed by atoms with van der Waals surface area (Å²) >= 11 is 0. The maximum Gasteiger partial charge on any atom is 0.257 e. The molecule has 0 aromatic heterocycles. The Balaban J connectivity index is 1.56. The molecule has 0 radical (unpaired) electrons. The molecule has 1 unspecified atom stereocenters. The molecule has 4 rings (SSSR count). The van der Waals surface area contributed by atoms with Crippen LogP contribution in [-0.4, -0.2) is 38.4 Å². The Morgan fingerprint density at radius 1 is 1.10 bits per heavy atom. The Morgan fingerprint density at radius 3 is 2.69 bits per heavy atom. The van der Waals surface area contributed by atoms with Gasteiger partial charge in [-0.2, -0.15) is 0 Å². The van der Waals surface area contributed by atoms with E-state index in [4.69, 9.17) is 4.74 Å². The number of piperidine rings is 1. The van der Waals surface area contributed by atoms with E-state index in [9.17, 15) is 17.6 Å². The van der Waals surface area contributed by atoms with E-state index < -0.39 is 15.8 Å². The number of anilines is 1. The van der Waals surface area contributed by atoms with Crippen LogP contribution >= 0.6 is 0 Å². The van der Waals surface area contributed by atoms with Crippen molar-refractivity contribution in [3.63, 3.8) is 0 Å². The highest BCUT2D eigenvalue weighted by Crippen LogP contribution is 2.31. The number of nitrogens with one attached hydrogen (secondary N) is 1. The second-order valence-corrected chi connectivity index (χ2v) is 9.21. The van der Waals surface area contributed by atoms with E-state index >= 15 is 0 Å². The summed E-state index contributed by atoms with van der Waals surface area (Å²) in [7, 11) is -3.72. The number of hydrogen-bond donors (Lipinski definition) is 1. The predicted octanol–water partition coefficient (Wildman–Crippen LogP) is 3.54. The number of fused-ring (bicyclic) bond motifs is 2. The van der Waals surface area contributed by atoms with Gasteiger partial charge in [0.25, 0.3) is 5.91 Å². The Hall–Kier alpha value is -2.61. The Labute approximate surface area is 169 Å². The van der Waals surface area contributed by atoms with Gasteiger partial charge >= 0.3 is 0 Å². The van der Waals surface area contributed by atoms with Gasteiger partial charge in [0.15, 0.2) is 0 Å². The molecule has 0 spiro atoms. The Morgan fingerprint density at radius 2 is 1.90 bits per heavy atom. The minimum absolute atomic E-state index is 0.121. The van der Waals surface area contributed by atoms with Crippen LogP contribution in [0, 0.1) is 5.82 Å². The molecule has 1 atom stereocenters. The van der Waals surface area contributed by atoms with Crippen LogP contribution < -0.4 is 9.46 Å². The SMILES string of the molecule is O=C1c2cc(NS(=O)(=O)Cc3ccc(F)cc3)ccc2OCCC2CCCCN12. The van der Waals surface area contributed by atoms with Crippen molar-refractivity contribution < 1.29 is 22.3 Å². The molecule has 1 N–H and O–H groups in total. The van der Waals surface area contributed by atoms with Crippen molar-refractivity contribution in [2.45, 2.75) is 37.5 Å². The van der Waals surface area contributed by atoms with Crippen molar-refractivity contribution in [1.29, 1.82) is 0 Å². The average Bonchev–Trinajstić information content (AvgIpc) is 2.69. The Bertz CT molecular complexity index is 1010. The lowest BCUT2D eigenvalue weighted by Gasteiger charge is -2.37. The lowest BCUT2D eigenvalue weighted by Crippen LogP contribution is -2.45. The summed E-state index contributed by atoms with van der Waals surface area (Å²) in [4.78, 5) is 15.0. The van der Waals surface area contributed by atoms with E-state index in [-0.39, 0.29) is 17.7 Å². The number of halogens is 1. The lowest BCUT2D eigenvalue weighted by molar-refractivity contribution is 0.0548. The maximum absolute atomic E-state index is 13.1. The summed E-state index contributed by atoms with van der Waals surface area (Å²) in [6.45, 7) is 1.24. The molecule has 1 fully saturated rings. The lowest BCUT2D eigenvalue weighted by atomic mass is 9.97. The van der Waals surface area contributed by atoms with Crippen LogP contribution in [0.3, 0.4) is 0 Å². The van der Waals surface area contributed by atoms with Gasteiger partial charge in [-0.3, -0.25) is 9.52 Å². The fourth-order valence-electron chi connectivity index (χ4n) is 3.93. The van der Waals surface area contributed by atoms with Crippen LogP contribution in [-0.2, 0) is 15.8 Å². The number of benzene rings is 2. The Kier molecular flexibility index (Phi) is 5.45. The number of nitrogens with zero attached hydrogens (tertiary/aromatic N) is 1. The van der Waals surface area contributed by atoms with Gasteiger partial charge in [0, 0.05) is 24.7 Å². The zero-order chi connectivity index (χ0) is 20.4. The summed E-state index contributed by atoms with van der Waals surface area (Å²) in [5.41, 5.74) is 1.15. The molecule has 1 amide bonds. The third-order valence-corrected chi connectivity index (χ3v) is 6.61. The molecule has 29 heavy (non-hydrogen) atoms. The minimum atomic E-state index is -3.72. The van der Waals surface area contributed by atoms with Crippen LogP contribution in [0.2, 0.25) is 0 Å². The summed E-state index contributed by atoms with van der Waals surface area (Å²) in [6.07, 6.45) is 3.85. The van der Waals surface area contributed by atoms with Gasteiger partial charge in [-0.15, -0.1) is 0 Å². The van der Waals surface area contributed by atoms with Crippen molar-refractivity contribution >= 4 is 21.6 Å². The highest BCUT2D eigenvalue weighted by atomic mass is 32.2. The predicted molar refractivity (Wildman–Crippen MR) is 108 cm³/mol. The fraction of sp³-hybridized carbons (Fsp3) is 0.381. The molecule has 8 heteroatoms. The van der Waals surface area contributed by atoms with Crippen molar-refractivity contribution in [2.24, 2.45) is 0 Å². The first-order chi connectivity index (χ1) is 13.9. The largest absolute Gasteiger partial charge is 0.493 e. The van der Waals surface area contributed by atoms with Crippen LogP contribution in [0.15, 0.2) is 42.5 Å². The zero-order valence-corrected chi connectivity index (χ0v) is 16.8. The van der Waals surface area contributed by atoms with Crippen LogP contribution in [0.4, 0.5) is 10.1 Å². The van der Waals surface area contributed by atoms with Gasteiger partial charge in [-0.1, -0.05) is 12.1 Å². The molecule has 154 valence electrons. The van der Waals surface area contributed by atoms with E-state index in [1.165, 1.54) is 30.3 Å². The van der Waals surface area contributed by atoms with Crippen molar-refractivity contribution in [3.8, 4) is 5.75 Å². The van der Waals surface area contributed by atoms with E-state index in [0.717, 1.165) is 25.7 Å². The molecule has 0 saturated carbocycles. The molecule has 0 aliphatic carbocycles. The number of hydrogen-bond acceptors (Lipinski definition) is 4. The van der Waals surface area contributed by atoms with Crippen LogP contribution in [0.1, 0.15) is 41.6 Å². The van der Waals surface area contributed by atoms with Gasteiger partial charge in [0.1, 0.15) is 11.6 Å². The van der Waals surface area contributed by atoms with E-state index in [1.807, 2.05) is 4.90 Å². The number of amides is 1. The van der Waals surface area contributed by atoms with E-state index in [2.05, 4.69) is 4.72 Å². The van der Waals surface area contributed by atoms with Crippen molar-refractivity contribution in [3.05, 3.63) is 59.4 Å². The molecule has 2 aromatic rings. The summed E-state index contributed by atoms with van der Waals surface area (Å²) in [5.74, 6) is -0.358. The molecular weight excluding hydrogens is 395 g/mol. The van der Waals surface area contributed by atoms with E-state index in [1.54, 1.807) is 12.1 Å². The second-order valence-electron chi connectivity index (χ2n) is 7.48. The third-order valence-electron chi connectivity index (χ3n) is 5.35. The first kappa shape index (κ1) is 19.7. The van der Waals surface area contributed by atoms with Crippen LogP contribution in [0.25, 0.3) is 0 Å². The minimum Gasteiger partial charge on any atom is -0.493 e. The van der Waals surface area contributed by atoms with Gasteiger partial charge in [-0.25, -0.2) is 12.8 Å². The highest BCUT2D eigenvalue weighted by Gasteiger charge is 2.31. The monoisotopic (exact) mass is 418 g/mol. The summed E-state index contributed by atoms with van der Waals surface area (Å²) in [6, 6.07) is 10.2. The van der Waals surface area contributed by atoms with E-state index in [0.29, 0.717) is 35.7 Å². The van der Waals surface area contributed by atoms with Crippen LogP contribution in [0.5, 0.6) is 5.75 Å². The summed E-state index contributed by atoms with van der Waals surface area (Å²) < 4.78 is 46.4. The normalized spacial score (nSPS) is 19.4. The third kappa shape index (κ3) is 4.53. The van der Waals surface area contributed by atoms with Gasteiger partial charge < -0.3 is 9.64 Å². The number of rotatable bonds is 4. The molecule has 6 nitrogen and oxygen atoms in total. The average molecular weight is 418 g/mol. The molecule has 2 heterocycles. The zero-order valence-electron chi connectivity index (χ0n) is 15.9. The number of carbonyl (C=O) groups is 1. The second kappa shape index (κ2) is 8.02. The van der Waals surface area contributed by atoms with Crippen molar-refractivity contribution in [2.75, 3.05) is 17.9 Å². The van der Waals surface area contributed by atoms with Crippen molar-refractivity contribution in [1.82, 2.24) is 4.90 Å². The number of carbonyl (C=O) groups excluding carboxylic acids is 1. The first-order valence-electron chi connectivity index (χ1n) is 9.74. The number of sulfonamides is 1. The highest BCUT2D eigenvalue weighted by molar-refractivity contribution is 7.91. The molecule has 2 aliphatic rings. The molecule has 1 saturated heterocycles. The maximum atomic E-state index is 13.1. The summed E-state index contributed by atoms with van der Waals surface area (Å²) in [5, 5.41) is 0. The standard InChI is InChI=1S/C21H23FN2O4S/c22-16-6-4-15(5-7-16)14-29(26,27)23-17-8-9-20-19(13-17)21(25)24-11-2-1-3-18(24)10-12-28-20/h4-9,13,18,23H,1-3,10-12,14H2. The van der Waals surface area contributed by atoms with Gasteiger partial charge in [0.05, 0.1) is 17.9 Å². The first-order valence-corrected chi connectivity index (χ1v) is 11.4. The number of ether oxygens (including phenoxy) is 1. The molecular formula is C21H23FN2O4S. The topological polar surface area (TPSA) is 75.7 Å². The smallest absolute Gasteiger partial charge is 0.257 e. The molecule has 2 aliphatic heterocycles. The fourth-order valence-corrected chi connectivity index (χ4v) is 5.12.